The number of carbonyl (C=O) groups is 1. The summed E-state index contributed by atoms with van der Waals surface area (Å²) in [7, 11) is -3.70. The zero-order valence-corrected chi connectivity index (χ0v) is 12.9. The number of carboxylic acids is 1. The summed E-state index contributed by atoms with van der Waals surface area (Å²) in [5.74, 6) is -1.17. The Bertz CT molecular complexity index is 578. The highest BCUT2D eigenvalue weighted by atomic mass is 32.2. The highest BCUT2D eigenvalue weighted by Crippen LogP contribution is 2.23. The predicted octanol–water partition coefficient (Wildman–Crippen LogP) is 1.36. The highest BCUT2D eigenvalue weighted by Gasteiger charge is 2.26. The van der Waals surface area contributed by atoms with Crippen molar-refractivity contribution < 1.29 is 18.3 Å². The van der Waals surface area contributed by atoms with Crippen molar-refractivity contribution in [3.63, 3.8) is 0 Å². The lowest BCUT2D eigenvalue weighted by Gasteiger charge is -2.11. The van der Waals surface area contributed by atoms with Crippen molar-refractivity contribution in [2.24, 2.45) is 0 Å². The van der Waals surface area contributed by atoms with E-state index in [1.165, 1.54) is 6.92 Å². The van der Waals surface area contributed by atoms with Gasteiger partial charge in [0.05, 0.1) is 0 Å². The Morgan fingerprint density at radius 2 is 2.05 bits per heavy atom. The van der Waals surface area contributed by atoms with Gasteiger partial charge in [-0.15, -0.1) is 0 Å². The molecule has 1 unspecified atom stereocenters. The molecule has 1 aromatic heterocycles. The first-order valence-electron chi connectivity index (χ1n) is 5.65. The molecule has 0 aliphatic heterocycles. The summed E-state index contributed by atoms with van der Waals surface area (Å²) in [6.07, 6.45) is 1.90. The van der Waals surface area contributed by atoms with E-state index in [1.54, 1.807) is 18.7 Å². The number of aryl methyl sites for hydroxylation is 1. The average Bonchev–Trinajstić information content (AvgIpc) is 2.62. The van der Waals surface area contributed by atoms with Gasteiger partial charge in [-0.2, -0.15) is 11.8 Å². The van der Waals surface area contributed by atoms with Crippen molar-refractivity contribution >= 4 is 27.8 Å². The van der Waals surface area contributed by atoms with E-state index in [9.17, 15) is 13.2 Å². The molecule has 0 saturated carbocycles. The largest absolute Gasteiger partial charge is 0.477 e. The van der Waals surface area contributed by atoms with Crippen LogP contribution in [0.5, 0.6) is 0 Å². The van der Waals surface area contributed by atoms with E-state index in [0.717, 1.165) is 0 Å². The molecule has 0 amide bonds. The SMILES string of the molecule is CSC(C)CNS(=O)(=O)c1c(C)[nH]c(C(=O)O)c1C. The number of nitrogens with one attached hydrogen (secondary N) is 2. The molecule has 0 radical (unpaired) electrons. The van der Waals surface area contributed by atoms with Crippen LogP contribution in [-0.2, 0) is 10.0 Å². The summed E-state index contributed by atoms with van der Waals surface area (Å²) < 4.78 is 26.9. The molecule has 19 heavy (non-hydrogen) atoms. The fraction of sp³-hybridized carbons (Fsp3) is 0.545. The van der Waals surface area contributed by atoms with Gasteiger partial charge in [0.25, 0.3) is 0 Å². The van der Waals surface area contributed by atoms with Crippen molar-refractivity contribution in [1.82, 2.24) is 9.71 Å². The number of thioether (sulfide) groups is 1. The lowest BCUT2D eigenvalue weighted by molar-refractivity contribution is 0.0690. The third kappa shape index (κ3) is 3.52. The lowest BCUT2D eigenvalue weighted by Crippen LogP contribution is -2.30. The van der Waals surface area contributed by atoms with Crippen LogP contribution in [0.2, 0.25) is 0 Å². The predicted molar refractivity (Wildman–Crippen MR) is 75.4 cm³/mol. The Morgan fingerprint density at radius 3 is 2.47 bits per heavy atom. The number of aromatic carboxylic acids is 1. The van der Waals surface area contributed by atoms with Crippen LogP contribution in [0.15, 0.2) is 4.90 Å². The zero-order valence-electron chi connectivity index (χ0n) is 11.3. The standard InChI is InChI=1S/C11H18N2O4S2/c1-6(18-4)5-12-19(16,17)10-7(2)9(11(14)15)13-8(10)3/h6,12-13H,5H2,1-4H3,(H,14,15). The lowest BCUT2D eigenvalue weighted by atomic mass is 10.2. The maximum atomic E-state index is 12.2. The first-order valence-corrected chi connectivity index (χ1v) is 8.42. The minimum absolute atomic E-state index is 0.0261. The van der Waals surface area contributed by atoms with Gasteiger partial charge in [-0.05, 0) is 20.1 Å². The van der Waals surface area contributed by atoms with Gasteiger partial charge in [0, 0.05) is 23.1 Å². The van der Waals surface area contributed by atoms with E-state index in [1.807, 2.05) is 13.2 Å². The molecule has 0 spiro atoms. The summed E-state index contributed by atoms with van der Waals surface area (Å²) in [5, 5.41) is 9.12. The van der Waals surface area contributed by atoms with Gasteiger partial charge in [0.1, 0.15) is 10.6 Å². The van der Waals surface area contributed by atoms with Crippen LogP contribution in [0, 0.1) is 13.8 Å². The molecule has 0 bridgehead atoms. The van der Waals surface area contributed by atoms with Crippen molar-refractivity contribution in [3.8, 4) is 0 Å². The molecule has 0 fully saturated rings. The summed E-state index contributed by atoms with van der Waals surface area (Å²) in [4.78, 5) is 13.6. The van der Waals surface area contributed by atoms with Crippen molar-refractivity contribution in [1.29, 1.82) is 0 Å². The monoisotopic (exact) mass is 306 g/mol. The van der Waals surface area contributed by atoms with Gasteiger partial charge in [0.2, 0.25) is 10.0 Å². The number of rotatable bonds is 6. The number of H-pyrrole nitrogens is 1. The second-order valence-electron chi connectivity index (χ2n) is 4.28. The third-order valence-electron chi connectivity index (χ3n) is 2.81. The summed E-state index contributed by atoms with van der Waals surface area (Å²) in [5.41, 5.74) is 0.476. The Morgan fingerprint density at radius 1 is 1.47 bits per heavy atom. The minimum atomic E-state index is -3.70. The van der Waals surface area contributed by atoms with Crippen LogP contribution in [0.3, 0.4) is 0 Å². The van der Waals surface area contributed by atoms with Crippen molar-refractivity contribution in [2.45, 2.75) is 30.9 Å². The molecule has 1 atom stereocenters. The highest BCUT2D eigenvalue weighted by molar-refractivity contribution is 7.99. The minimum Gasteiger partial charge on any atom is -0.477 e. The van der Waals surface area contributed by atoms with E-state index in [0.29, 0.717) is 12.2 Å². The molecule has 0 aliphatic carbocycles. The summed E-state index contributed by atoms with van der Waals surface area (Å²) in [6, 6.07) is 0. The van der Waals surface area contributed by atoms with E-state index >= 15 is 0 Å². The number of hydrogen-bond donors (Lipinski definition) is 3. The zero-order chi connectivity index (χ0) is 14.8. The molecule has 3 N–H and O–H groups in total. The van der Waals surface area contributed by atoms with Crippen LogP contribution < -0.4 is 4.72 Å². The second-order valence-corrected chi connectivity index (χ2v) is 7.26. The van der Waals surface area contributed by atoms with Gasteiger partial charge in [-0.1, -0.05) is 6.92 Å². The molecule has 1 heterocycles. The van der Waals surface area contributed by atoms with Gasteiger partial charge < -0.3 is 10.1 Å². The number of hydrogen-bond acceptors (Lipinski definition) is 4. The van der Waals surface area contributed by atoms with Crippen LogP contribution >= 0.6 is 11.8 Å². The number of aromatic amines is 1. The first-order chi connectivity index (χ1) is 8.70. The molecule has 1 aromatic rings. The Hall–Kier alpha value is -0.990. The van der Waals surface area contributed by atoms with E-state index in [2.05, 4.69) is 9.71 Å². The van der Waals surface area contributed by atoms with Crippen molar-refractivity contribution in [2.75, 3.05) is 12.8 Å². The molecule has 108 valence electrons. The van der Waals surface area contributed by atoms with Gasteiger partial charge in [-0.3, -0.25) is 0 Å². The third-order valence-corrected chi connectivity index (χ3v) is 5.48. The van der Waals surface area contributed by atoms with Crippen LogP contribution in [0.25, 0.3) is 0 Å². The topological polar surface area (TPSA) is 99.3 Å². The van der Waals surface area contributed by atoms with Crippen molar-refractivity contribution in [3.05, 3.63) is 17.0 Å². The Balaban J connectivity index is 3.12. The maximum absolute atomic E-state index is 12.2. The molecular weight excluding hydrogens is 288 g/mol. The maximum Gasteiger partial charge on any atom is 0.352 e. The Kier molecular flexibility index (Phi) is 5.05. The smallest absolute Gasteiger partial charge is 0.352 e. The fourth-order valence-corrected chi connectivity index (χ4v) is 3.66. The Labute approximate surface area is 117 Å². The quantitative estimate of drug-likeness (QED) is 0.737. The second kappa shape index (κ2) is 5.98. The first kappa shape index (κ1) is 16.1. The van der Waals surface area contributed by atoms with Gasteiger partial charge in [0.15, 0.2) is 0 Å². The molecule has 1 rings (SSSR count). The number of sulfonamides is 1. The molecule has 8 heteroatoms. The van der Waals surface area contributed by atoms with Crippen LogP contribution in [-0.4, -0.2) is 42.5 Å². The normalized spacial score (nSPS) is 13.5. The van der Waals surface area contributed by atoms with Crippen LogP contribution in [0.1, 0.15) is 28.7 Å². The molecule has 6 nitrogen and oxygen atoms in total. The van der Waals surface area contributed by atoms with E-state index < -0.39 is 16.0 Å². The van der Waals surface area contributed by atoms with E-state index in [-0.39, 0.29) is 21.4 Å². The van der Waals surface area contributed by atoms with E-state index in [4.69, 9.17) is 5.11 Å². The van der Waals surface area contributed by atoms with Gasteiger partial charge in [-0.25, -0.2) is 17.9 Å². The number of carboxylic acid groups (broad SMARTS) is 1. The molecular formula is C11H18N2O4S2. The number of aromatic nitrogens is 1. The van der Waals surface area contributed by atoms with Crippen LogP contribution in [0.4, 0.5) is 0 Å². The molecule has 0 aromatic carbocycles. The summed E-state index contributed by atoms with van der Waals surface area (Å²) in [6.45, 7) is 5.24. The molecule has 0 aliphatic rings. The average molecular weight is 306 g/mol. The fourth-order valence-electron chi connectivity index (χ4n) is 1.73. The molecule has 0 saturated heterocycles. The van der Waals surface area contributed by atoms with Gasteiger partial charge >= 0.3 is 5.97 Å². The summed E-state index contributed by atoms with van der Waals surface area (Å²) >= 11 is 1.55.